The van der Waals surface area contributed by atoms with Crippen LogP contribution in [0.25, 0.3) is 10.9 Å². The van der Waals surface area contributed by atoms with E-state index in [1.165, 1.54) is 41.7 Å². The van der Waals surface area contributed by atoms with E-state index < -0.39 is 0 Å². The predicted octanol–water partition coefficient (Wildman–Crippen LogP) is 2.24. The number of fused-ring (bicyclic) bond motifs is 1. The molecule has 1 fully saturated rings. The minimum Gasteiger partial charge on any atom is -0.358 e. The molecule has 0 radical (unpaired) electrons. The number of para-hydroxylation sites is 1. The maximum Gasteiger partial charge on any atom is 0.0458 e. The summed E-state index contributed by atoms with van der Waals surface area (Å²) in [5.74, 6) is 0.836. The van der Waals surface area contributed by atoms with Crippen LogP contribution < -0.4 is 5.32 Å². The number of aromatic amines is 1. The molecule has 2 heterocycles. The molecule has 0 atom stereocenters. The van der Waals surface area contributed by atoms with Crippen LogP contribution in [0.5, 0.6) is 0 Å². The zero-order valence-electron chi connectivity index (χ0n) is 9.01. The molecule has 1 aliphatic rings. The van der Waals surface area contributed by atoms with Gasteiger partial charge in [-0.05, 0) is 44.0 Å². The molecule has 2 aromatic rings. The van der Waals surface area contributed by atoms with Gasteiger partial charge >= 0.3 is 0 Å². The van der Waals surface area contributed by atoms with E-state index in [4.69, 9.17) is 0 Å². The highest BCUT2D eigenvalue weighted by atomic mass is 14.9. The Kier molecular flexibility index (Phi) is 2.03. The smallest absolute Gasteiger partial charge is 0.0458 e. The Bertz CT molecular complexity index is 480. The molecule has 0 bridgehead atoms. The first-order chi connectivity index (χ1) is 7.34. The maximum atomic E-state index is 3.46. The number of hydrogen-bond donors (Lipinski definition) is 2. The Morgan fingerprint density at radius 3 is 2.80 bits per heavy atom. The van der Waals surface area contributed by atoms with Crippen molar-refractivity contribution >= 4 is 10.9 Å². The van der Waals surface area contributed by atoms with Gasteiger partial charge in [0.2, 0.25) is 0 Å². The average molecular weight is 200 g/mol. The van der Waals surface area contributed by atoms with Crippen molar-refractivity contribution in [2.75, 3.05) is 13.1 Å². The lowest BCUT2D eigenvalue weighted by molar-refractivity contribution is 0.347. The third-order valence-corrected chi connectivity index (χ3v) is 3.39. The molecule has 1 aliphatic heterocycles. The van der Waals surface area contributed by atoms with Crippen molar-refractivity contribution in [3.63, 3.8) is 0 Å². The molecule has 0 spiro atoms. The molecule has 1 aromatic carbocycles. The van der Waals surface area contributed by atoms with Gasteiger partial charge in [0.25, 0.3) is 0 Å². The van der Waals surface area contributed by atoms with E-state index in [9.17, 15) is 0 Å². The first-order valence-corrected chi connectivity index (χ1v) is 5.61. The van der Waals surface area contributed by atoms with Gasteiger partial charge in [-0.3, -0.25) is 0 Å². The van der Waals surface area contributed by atoms with Crippen LogP contribution in [0.15, 0.2) is 24.3 Å². The SMILES string of the molecule is Cc1[nH]c2ccccc2c1CC1CNC1. The Morgan fingerprint density at radius 1 is 1.27 bits per heavy atom. The maximum absolute atomic E-state index is 3.46. The van der Waals surface area contributed by atoms with Gasteiger partial charge in [-0.25, -0.2) is 0 Å². The standard InChI is InChI=1S/C13H16N2/c1-9-12(6-10-7-14-8-10)11-4-2-3-5-13(11)15-9/h2-5,10,14-15H,6-8H2,1H3. The van der Waals surface area contributed by atoms with Crippen LogP contribution in [0, 0.1) is 12.8 Å². The van der Waals surface area contributed by atoms with Crippen molar-refractivity contribution in [2.45, 2.75) is 13.3 Å². The molecular weight excluding hydrogens is 184 g/mol. The normalized spacial score (nSPS) is 16.9. The van der Waals surface area contributed by atoms with E-state index in [0.717, 1.165) is 5.92 Å². The third kappa shape index (κ3) is 1.45. The van der Waals surface area contributed by atoms with Crippen molar-refractivity contribution in [1.82, 2.24) is 10.3 Å². The molecule has 3 rings (SSSR count). The second-order valence-corrected chi connectivity index (χ2v) is 4.50. The molecule has 0 aliphatic carbocycles. The molecule has 2 heteroatoms. The highest BCUT2D eigenvalue weighted by molar-refractivity contribution is 5.84. The molecule has 78 valence electrons. The Balaban J connectivity index is 2.03. The lowest BCUT2D eigenvalue weighted by Gasteiger charge is -2.27. The summed E-state index contributed by atoms with van der Waals surface area (Å²) in [5, 5.41) is 4.74. The fourth-order valence-electron chi connectivity index (χ4n) is 2.38. The van der Waals surface area contributed by atoms with Crippen molar-refractivity contribution in [3.05, 3.63) is 35.5 Å². The summed E-state index contributed by atoms with van der Waals surface area (Å²) in [6, 6.07) is 8.59. The topological polar surface area (TPSA) is 27.8 Å². The molecule has 0 amide bonds. The van der Waals surface area contributed by atoms with Crippen LogP contribution in [0.3, 0.4) is 0 Å². The minimum absolute atomic E-state index is 0.836. The van der Waals surface area contributed by atoms with Gasteiger partial charge in [-0.15, -0.1) is 0 Å². The molecule has 15 heavy (non-hydrogen) atoms. The monoisotopic (exact) mass is 200 g/mol. The lowest BCUT2D eigenvalue weighted by atomic mass is 9.93. The van der Waals surface area contributed by atoms with Crippen LogP contribution in [0.4, 0.5) is 0 Å². The summed E-state index contributed by atoms with van der Waals surface area (Å²) >= 11 is 0. The molecule has 1 aromatic heterocycles. The van der Waals surface area contributed by atoms with Crippen LogP contribution in [-0.4, -0.2) is 18.1 Å². The number of benzene rings is 1. The van der Waals surface area contributed by atoms with Crippen molar-refractivity contribution < 1.29 is 0 Å². The molecule has 0 saturated carbocycles. The fourth-order valence-corrected chi connectivity index (χ4v) is 2.38. The number of nitrogens with one attached hydrogen (secondary N) is 2. The quantitative estimate of drug-likeness (QED) is 0.764. The van der Waals surface area contributed by atoms with Gasteiger partial charge in [0.15, 0.2) is 0 Å². The first-order valence-electron chi connectivity index (χ1n) is 5.61. The summed E-state index contributed by atoms with van der Waals surface area (Å²) in [7, 11) is 0. The summed E-state index contributed by atoms with van der Waals surface area (Å²) in [5.41, 5.74) is 4.12. The Labute approximate surface area is 89.7 Å². The predicted molar refractivity (Wildman–Crippen MR) is 63.1 cm³/mol. The summed E-state index contributed by atoms with van der Waals surface area (Å²) < 4.78 is 0. The highest BCUT2D eigenvalue weighted by Gasteiger charge is 2.19. The van der Waals surface area contributed by atoms with Gasteiger partial charge in [-0.2, -0.15) is 0 Å². The van der Waals surface area contributed by atoms with E-state index in [0.29, 0.717) is 0 Å². The minimum atomic E-state index is 0.836. The van der Waals surface area contributed by atoms with Gasteiger partial charge in [0.1, 0.15) is 0 Å². The molecule has 0 unspecified atom stereocenters. The number of aromatic nitrogens is 1. The van der Waals surface area contributed by atoms with E-state index in [1.807, 2.05) is 0 Å². The number of rotatable bonds is 2. The van der Waals surface area contributed by atoms with Crippen molar-refractivity contribution in [1.29, 1.82) is 0 Å². The van der Waals surface area contributed by atoms with Crippen LogP contribution in [0.1, 0.15) is 11.3 Å². The zero-order valence-corrected chi connectivity index (χ0v) is 9.01. The number of H-pyrrole nitrogens is 1. The van der Waals surface area contributed by atoms with Crippen molar-refractivity contribution in [2.24, 2.45) is 5.92 Å². The number of hydrogen-bond acceptors (Lipinski definition) is 1. The lowest BCUT2D eigenvalue weighted by Crippen LogP contribution is -2.43. The average Bonchev–Trinajstić information content (AvgIpc) is 2.48. The summed E-state index contributed by atoms with van der Waals surface area (Å²) in [4.78, 5) is 3.46. The largest absolute Gasteiger partial charge is 0.358 e. The van der Waals surface area contributed by atoms with Gasteiger partial charge in [0.05, 0.1) is 0 Å². The highest BCUT2D eigenvalue weighted by Crippen LogP contribution is 2.25. The second kappa shape index (κ2) is 3.38. The Hall–Kier alpha value is -1.28. The Morgan fingerprint density at radius 2 is 2.07 bits per heavy atom. The van der Waals surface area contributed by atoms with Gasteiger partial charge < -0.3 is 10.3 Å². The van der Waals surface area contributed by atoms with Crippen molar-refractivity contribution in [3.8, 4) is 0 Å². The van der Waals surface area contributed by atoms with Crippen LogP contribution in [-0.2, 0) is 6.42 Å². The molecule has 2 nitrogen and oxygen atoms in total. The zero-order chi connectivity index (χ0) is 10.3. The molecule has 1 saturated heterocycles. The van der Waals surface area contributed by atoms with Crippen LogP contribution in [0.2, 0.25) is 0 Å². The second-order valence-electron chi connectivity index (χ2n) is 4.50. The van der Waals surface area contributed by atoms with Gasteiger partial charge in [-0.1, -0.05) is 18.2 Å². The van der Waals surface area contributed by atoms with E-state index >= 15 is 0 Å². The summed E-state index contributed by atoms with van der Waals surface area (Å²) in [6.45, 7) is 4.54. The molecular formula is C13H16N2. The third-order valence-electron chi connectivity index (χ3n) is 3.39. The summed E-state index contributed by atoms with van der Waals surface area (Å²) in [6.07, 6.45) is 1.21. The number of aryl methyl sites for hydroxylation is 1. The fraction of sp³-hybridized carbons (Fsp3) is 0.385. The van der Waals surface area contributed by atoms with Gasteiger partial charge in [0, 0.05) is 16.6 Å². The first kappa shape index (κ1) is 8.98. The molecule has 2 N–H and O–H groups in total. The van der Waals surface area contributed by atoms with E-state index in [1.54, 1.807) is 0 Å². The van der Waals surface area contributed by atoms with E-state index in [-0.39, 0.29) is 0 Å². The van der Waals surface area contributed by atoms with Crippen LogP contribution >= 0.6 is 0 Å². The van der Waals surface area contributed by atoms with E-state index in [2.05, 4.69) is 41.5 Å².